The second-order valence-corrected chi connectivity index (χ2v) is 5.52. The van der Waals surface area contributed by atoms with Gasteiger partial charge in [0.15, 0.2) is 6.61 Å². The second-order valence-electron chi connectivity index (χ2n) is 4.37. The minimum absolute atomic E-state index is 0.225. The van der Waals surface area contributed by atoms with Gasteiger partial charge in [-0.3, -0.25) is 0 Å². The minimum atomic E-state index is -1.03. The molecule has 1 aliphatic heterocycles. The van der Waals surface area contributed by atoms with Gasteiger partial charge >= 0.3 is 12.0 Å². The molecule has 1 heterocycles. The van der Waals surface area contributed by atoms with Crippen LogP contribution >= 0.6 is 11.8 Å². The summed E-state index contributed by atoms with van der Waals surface area (Å²) in [5, 5.41) is 14.1. The molecule has 0 aromatic heterocycles. The number of amides is 2. The third-order valence-corrected chi connectivity index (χ3v) is 3.90. The fourth-order valence-electron chi connectivity index (χ4n) is 1.78. The van der Waals surface area contributed by atoms with Gasteiger partial charge in [0.25, 0.3) is 0 Å². The van der Waals surface area contributed by atoms with Crippen molar-refractivity contribution in [1.29, 1.82) is 0 Å². The summed E-state index contributed by atoms with van der Waals surface area (Å²) in [6, 6.07) is 6.57. The number of thioether (sulfide) groups is 1. The number of benzene rings is 1. The summed E-state index contributed by atoms with van der Waals surface area (Å²) in [5.41, 5.74) is 0.635. The van der Waals surface area contributed by atoms with Crippen molar-refractivity contribution in [2.45, 2.75) is 12.5 Å². The van der Waals surface area contributed by atoms with Crippen molar-refractivity contribution in [3.63, 3.8) is 0 Å². The van der Waals surface area contributed by atoms with Crippen LogP contribution in [0.3, 0.4) is 0 Å². The molecule has 6 nitrogen and oxygen atoms in total. The predicted molar refractivity (Wildman–Crippen MR) is 77.5 cm³/mol. The average Bonchev–Trinajstić information content (AvgIpc) is 2.90. The van der Waals surface area contributed by atoms with E-state index in [-0.39, 0.29) is 18.7 Å². The number of aliphatic carboxylic acids is 1. The number of hydrogen-bond acceptors (Lipinski definition) is 4. The lowest BCUT2D eigenvalue weighted by Gasteiger charge is -2.12. The van der Waals surface area contributed by atoms with E-state index in [0.717, 1.165) is 17.9 Å². The van der Waals surface area contributed by atoms with Crippen molar-refractivity contribution >= 4 is 29.4 Å². The van der Waals surface area contributed by atoms with Gasteiger partial charge in [-0.1, -0.05) is 0 Å². The molecule has 108 valence electrons. The van der Waals surface area contributed by atoms with Gasteiger partial charge < -0.3 is 20.5 Å². The maximum atomic E-state index is 11.7. The van der Waals surface area contributed by atoms with E-state index in [1.165, 1.54) is 0 Å². The van der Waals surface area contributed by atoms with Crippen LogP contribution < -0.4 is 15.4 Å². The van der Waals surface area contributed by atoms with Crippen molar-refractivity contribution in [3.8, 4) is 5.75 Å². The summed E-state index contributed by atoms with van der Waals surface area (Å²) in [7, 11) is 0. The number of carbonyl (C=O) groups is 2. The predicted octanol–water partition coefficient (Wildman–Crippen LogP) is 1.78. The lowest BCUT2D eigenvalue weighted by atomic mass is 10.2. The highest BCUT2D eigenvalue weighted by atomic mass is 32.2. The zero-order valence-corrected chi connectivity index (χ0v) is 11.6. The number of anilines is 1. The molecule has 0 spiro atoms. The molecule has 1 aromatic carbocycles. The maximum Gasteiger partial charge on any atom is 0.341 e. The Morgan fingerprint density at radius 2 is 2.10 bits per heavy atom. The first kappa shape index (κ1) is 14.5. The van der Waals surface area contributed by atoms with E-state index >= 15 is 0 Å². The Morgan fingerprint density at radius 3 is 2.70 bits per heavy atom. The molecule has 0 saturated carbocycles. The van der Waals surface area contributed by atoms with Gasteiger partial charge in [0.05, 0.1) is 0 Å². The molecule has 20 heavy (non-hydrogen) atoms. The normalized spacial score (nSPS) is 17.5. The molecular weight excluding hydrogens is 280 g/mol. The Morgan fingerprint density at radius 1 is 1.35 bits per heavy atom. The number of carbonyl (C=O) groups excluding carboxylic acids is 1. The first-order valence-electron chi connectivity index (χ1n) is 6.23. The first-order valence-corrected chi connectivity index (χ1v) is 7.39. The molecule has 3 N–H and O–H groups in total. The van der Waals surface area contributed by atoms with Gasteiger partial charge in [0.2, 0.25) is 0 Å². The maximum absolute atomic E-state index is 11.7. The minimum Gasteiger partial charge on any atom is -0.482 e. The van der Waals surface area contributed by atoms with Crippen LogP contribution in [0.1, 0.15) is 6.42 Å². The fourth-order valence-corrected chi connectivity index (χ4v) is 2.93. The lowest BCUT2D eigenvalue weighted by Crippen LogP contribution is -2.37. The molecule has 2 rings (SSSR count). The largest absolute Gasteiger partial charge is 0.482 e. The van der Waals surface area contributed by atoms with Crippen LogP contribution in [0.25, 0.3) is 0 Å². The van der Waals surface area contributed by atoms with E-state index in [2.05, 4.69) is 10.6 Å². The van der Waals surface area contributed by atoms with Gasteiger partial charge in [-0.15, -0.1) is 0 Å². The lowest BCUT2D eigenvalue weighted by molar-refractivity contribution is -0.139. The molecule has 1 aromatic rings. The van der Waals surface area contributed by atoms with Crippen molar-refractivity contribution in [3.05, 3.63) is 24.3 Å². The van der Waals surface area contributed by atoms with Crippen molar-refractivity contribution < 1.29 is 19.4 Å². The van der Waals surface area contributed by atoms with E-state index in [1.54, 1.807) is 24.3 Å². The SMILES string of the molecule is O=C(O)COc1ccc(NC(=O)NC2CCSC2)cc1. The van der Waals surface area contributed by atoms with Gasteiger partial charge in [0, 0.05) is 17.5 Å². The topological polar surface area (TPSA) is 87.7 Å². The van der Waals surface area contributed by atoms with Crippen LogP contribution in [0.2, 0.25) is 0 Å². The molecular formula is C13H16N2O4S. The van der Waals surface area contributed by atoms with E-state index in [9.17, 15) is 9.59 Å². The van der Waals surface area contributed by atoms with Crippen molar-refractivity contribution in [2.75, 3.05) is 23.4 Å². The number of carboxylic acid groups (broad SMARTS) is 1. The quantitative estimate of drug-likeness (QED) is 0.771. The average molecular weight is 296 g/mol. The van der Waals surface area contributed by atoms with Crippen LogP contribution in [0.4, 0.5) is 10.5 Å². The van der Waals surface area contributed by atoms with Gasteiger partial charge in [-0.25, -0.2) is 9.59 Å². The number of rotatable bonds is 5. The summed E-state index contributed by atoms with van der Waals surface area (Å²) < 4.78 is 5.00. The van der Waals surface area contributed by atoms with E-state index in [4.69, 9.17) is 9.84 Å². The number of ether oxygens (including phenoxy) is 1. The summed E-state index contributed by atoms with van der Waals surface area (Å²) in [5.74, 6) is 1.46. The van der Waals surface area contributed by atoms with Crippen LogP contribution in [0.5, 0.6) is 5.75 Å². The summed E-state index contributed by atoms with van der Waals surface area (Å²) in [6.07, 6.45) is 1.00. The molecule has 2 amide bonds. The summed E-state index contributed by atoms with van der Waals surface area (Å²) >= 11 is 1.83. The molecule has 0 bridgehead atoms. The standard InChI is InChI=1S/C13H16N2O4S/c16-12(17)7-19-11-3-1-9(2-4-11)14-13(18)15-10-5-6-20-8-10/h1-4,10H,5-8H2,(H,16,17)(H2,14,15,18). The van der Waals surface area contributed by atoms with Crippen LogP contribution in [0.15, 0.2) is 24.3 Å². The monoisotopic (exact) mass is 296 g/mol. The highest BCUT2D eigenvalue weighted by molar-refractivity contribution is 7.99. The number of hydrogen-bond donors (Lipinski definition) is 3. The Kier molecular flexibility index (Phi) is 5.11. The van der Waals surface area contributed by atoms with Crippen LogP contribution in [-0.2, 0) is 4.79 Å². The van der Waals surface area contributed by atoms with E-state index in [0.29, 0.717) is 11.4 Å². The van der Waals surface area contributed by atoms with Gasteiger partial charge in [-0.2, -0.15) is 11.8 Å². The number of carboxylic acids is 1. The first-order chi connectivity index (χ1) is 9.63. The molecule has 1 unspecified atom stereocenters. The molecule has 1 aliphatic rings. The summed E-state index contributed by atoms with van der Waals surface area (Å²) in [6.45, 7) is -0.382. The zero-order valence-electron chi connectivity index (χ0n) is 10.8. The Hall–Kier alpha value is -1.89. The fraction of sp³-hybridized carbons (Fsp3) is 0.385. The third kappa shape index (κ3) is 4.65. The number of nitrogens with one attached hydrogen (secondary N) is 2. The molecule has 1 fully saturated rings. The molecule has 0 radical (unpaired) electrons. The van der Waals surface area contributed by atoms with Crippen LogP contribution in [-0.4, -0.2) is 41.3 Å². The Labute approximate surface area is 120 Å². The van der Waals surface area contributed by atoms with Crippen molar-refractivity contribution in [2.24, 2.45) is 0 Å². The van der Waals surface area contributed by atoms with E-state index < -0.39 is 5.97 Å². The molecule has 7 heteroatoms. The van der Waals surface area contributed by atoms with Gasteiger partial charge in [0.1, 0.15) is 5.75 Å². The smallest absolute Gasteiger partial charge is 0.341 e. The highest BCUT2D eigenvalue weighted by Crippen LogP contribution is 2.18. The van der Waals surface area contributed by atoms with Crippen molar-refractivity contribution in [1.82, 2.24) is 5.32 Å². The molecule has 0 aliphatic carbocycles. The third-order valence-electron chi connectivity index (χ3n) is 2.74. The Balaban J connectivity index is 1.80. The highest BCUT2D eigenvalue weighted by Gasteiger charge is 2.17. The van der Waals surface area contributed by atoms with Gasteiger partial charge in [-0.05, 0) is 36.4 Å². The molecule has 1 saturated heterocycles. The number of urea groups is 1. The summed E-state index contributed by atoms with van der Waals surface area (Å²) in [4.78, 5) is 22.1. The second kappa shape index (κ2) is 7.04. The molecule has 1 atom stereocenters. The van der Waals surface area contributed by atoms with Crippen LogP contribution in [0, 0.1) is 0 Å². The zero-order chi connectivity index (χ0) is 14.4. The Bertz CT molecular complexity index is 472. The van der Waals surface area contributed by atoms with E-state index in [1.807, 2.05) is 11.8 Å².